The number of aromatic hydroxyl groups is 1. The highest BCUT2D eigenvalue weighted by Gasteiger charge is 2.51. The Hall–Kier alpha value is -1.51. The quantitative estimate of drug-likeness (QED) is 0.716. The molecule has 0 spiro atoms. The van der Waals surface area contributed by atoms with E-state index in [-0.39, 0.29) is 22.5 Å². The lowest BCUT2D eigenvalue weighted by Crippen LogP contribution is -2.35. The zero-order valence-electron chi connectivity index (χ0n) is 11.3. The van der Waals surface area contributed by atoms with Gasteiger partial charge in [0.1, 0.15) is 12.4 Å². The lowest BCUT2D eigenvalue weighted by Gasteiger charge is -2.32. The molecule has 0 fully saturated rings. The molecule has 3 nitrogen and oxygen atoms in total. The molecule has 96 valence electrons. The third-order valence-electron chi connectivity index (χ3n) is 4.45. The maximum Gasteiger partial charge on any atom is 0.338 e. The minimum atomic E-state index is -0.296. The van der Waals surface area contributed by atoms with E-state index in [2.05, 4.69) is 20.8 Å². The second-order valence-electron chi connectivity index (χ2n) is 6.52. The van der Waals surface area contributed by atoms with E-state index in [4.69, 9.17) is 4.74 Å². The first-order valence-electron chi connectivity index (χ1n) is 6.31. The Morgan fingerprint density at radius 3 is 2.67 bits per heavy atom. The predicted octanol–water partition coefficient (Wildman–Crippen LogP) is 2.81. The number of hydrogen-bond acceptors (Lipinski definition) is 3. The van der Waals surface area contributed by atoms with Gasteiger partial charge in [0.05, 0.1) is 5.56 Å². The molecular weight excluding hydrogens is 228 g/mol. The summed E-state index contributed by atoms with van der Waals surface area (Å²) in [6.07, 6.45) is 0.943. The summed E-state index contributed by atoms with van der Waals surface area (Å²) in [6.45, 7) is 8.69. The SMILES string of the molecule is Cc1c(O)cc2c3c1C(=O)OC[C@@]3(C)CC2(C)C. The Morgan fingerprint density at radius 2 is 2.00 bits per heavy atom. The summed E-state index contributed by atoms with van der Waals surface area (Å²) >= 11 is 0. The topological polar surface area (TPSA) is 46.5 Å². The zero-order chi connectivity index (χ0) is 13.3. The van der Waals surface area contributed by atoms with Gasteiger partial charge in [-0.15, -0.1) is 0 Å². The van der Waals surface area contributed by atoms with Crippen molar-refractivity contribution in [2.24, 2.45) is 0 Å². The first-order chi connectivity index (χ1) is 8.26. The van der Waals surface area contributed by atoms with Gasteiger partial charge in [0.15, 0.2) is 0 Å². The fourth-order valence-corrected chi connectivity index (χ4v) is 3.76. The van der Waals surface area contributed by atoms with Gasteiger partial charge in [-0.3, -0.25) is 0 Å². The largest absolute Gasteiger partial charge is 0.508 e. The van der Waals surface area contributed by atoms with Crippen molar-refractivity contribution in [1.82, 2.24) is 0 Å². The van der Waals surface area contributed by atoms with Crippen molar-refractivity contribution in [2.45, 2.75) is 44.9 Å². The summed E-state index contributed by atoms with van der Waals surface area (Å²) in [4.78, 5) is 12.0. The third kappa shape index (κ3) is 1.22. The van der Waals surface area contributed by atoms with Crippen LogP contribution in [0.1, 0.15) is 54.2 Å². The minimum Gasteiger partial charge on any atom is -0.508 e. The van der Waals surface area contributed by atoms with Crippen LogP contribution < -0.4 is 0 Å². The molecule has 18 heavy (non-hydrogen) atoms. The molecule has 0 unspecified atom stereocenters. The molecule has 0 bridgehead atoms. The minimum absolute atomic E-state index is 0.0298. The first kappa shape index (κ1) is 11.6. The number of carbonyl (C=O) groups is 1. The Kier molecular flexibility index (Phi) is 1.98. The first-order valence-corrected chi connectivity index (χ1v) is 6.31. The molecule has 0 radical (unpaired) electrons. The van der Waals surface area contributed by atoms with E-state index >= 15 is 0 Å². The highest BCUT2D eigenvalue weighted by Crippen LogP contribution is 2.54. The molecule has 0 amide bonds. The number of hydrogen-bond donors (Lipinski definition) is 1. The van der Waals surface area contributed by atoms with Gasteiger partial charge in [0, 0.05) is 11.0 Å². The van der Waals surface area contributed by atoms with E-state index < -0.39 is 0 Å². The highest BCUT2D eigenvalue weighted by atomic mass is 16.5. The fraction of sp³-hybridized carbons (Fsp3) is 0.533. The van der Waals surface area contributed by atoms with Gasteiger partial charge in [-0.25, -0.2) is 4.79 Å². The number of esters is 1. The maximum absolute atomic E-state index is 12.0. The lowest BCUT2D eigenvalue weighted by molar-refractivity contribution is 0.0346. The molecule has 0 aromatic heterocycles. The Bertz CT molecular complexity index is 572. The van der Waals surface area contributed by atoms with Crippen molar-refractivity contribution in [3.05, 3.63) is 28.3 Å². The van der Waals surface area contributed by atoms with E-state index in [1.54, 1.807) is 6.92 Å². The molecule has 1 N–H and O–H groups in total. The van der Waals surface area contributed by atoms with Crippen molar-refractivity contribution in [3.8, 4) is 5.75 Å². The molecule has 1 aliphatic heterocycles. The van der Waals surface area contributed by atoms with Gasteiger partial charge >= 0.3 is 5.97 Å². The van der Waals surface area contributed by atoms with E-state index in [0.29, 0.717) is 17.7 Å². The fourth-order valence-electron chi connectivity index (χ4n) is 3.76. The van der Waals surface area contributed by atoms with Gasteiger partial charge in [-0.1, -0.05) is 20.8 Å². The van der Waals surface area contributed by atoms with Crippen molar-refractivity contribution < 1.29 is 14.6 Å². The van der Waals surface area contributed by atoms with Crippen LogP contribution >= 0.6 is 0 Å². The molecule has 1 aromatic carbocycles. The second-order valence-corrected chi connectivity index (χ2v) is 6.52. The highest BCUT2D eigenvalue weighted by molar-refractivity contribution is 5.96. The summed E-state index contributed by atoms with van der Waals surface area (Å²) in [5.74, 6) is -0.102. The van der Waals surface area contributed by atoms with Crippen LogP contribution in [-0.2, 0) is 15.6 Å². The number of benzene rings is 1. The molecule has 3 rings (SSSR count). The van der Waals surface area contributed by atoms with Crippen LogP contribution in [0.2, 0.25) is 0 Å². The average molecular weight is 246 g/mol. The van der Waals surface area contributed by atoms with Crippen LogP contribution in [0.4, 0.5) is 0 Å². The van der Waals surface area contributed by atoms with Gasteiger partial charge < -0.3 is 9.84 Å². The molecule has 1 heterocycles. The number of carbonyl (C=O) groups excluding carboxylic acids is 1. The van der Waals surface area contributed by atoms with Crippen LogP contribution in [0.15, 0.2) is 6.07 Å². The summed E-state index contributed by atoms with van der Waals surface area (Å²) in [6, 6.07) is 1.83. The van der Waals surface area contributed by atoms with E-state index in [1.807, 2.05) is 6.07 Å². The van der Waals surface area contributed by atoms with Crippen molar-refractivity contribution in [3.63, 3.8) is 0 Å². The van der Waals surface area contributed by atoms with Crippen LogP contribution in [-0.4, -0.2) is 17.7 Å². The molecule has 2 aliphatic rings. The van der Waals surface area contributed by atoms with Crippen LogP contribution in [0.25, 0.3) is 0 Å². The zero-order valence-corrected chi connectivity index (χ0v) is 11.3. The smallest absolute Gasteiger partial charge is 0.338 e. The number of phenolic OH excluding ortho intramolecular Hbond substituents is 1. The monoisotopic (exact) mass is 246 g/mol. The number of ether oxygens (including phenoxy) is 1. The van der Waals surface area contributed by atoms with Gasteiger partial charge in [0.25, 0.3) is 0 Å². The van der Waals surface area contributed by atoms with Gasteiger partial charge in [0.2, 0.25) is 0 Å². The molecule has 1 atom stereocenters. The summed E-state index contributed by atoms with van der Waals surface area (Å²) < 4.78 is 5.32. The molecule has 1 aliphatic carbocycles. The Balaban J connectivity index is 2.43. The standard InChI is InChI=1S/C15H18O3/c1-8-10(16)5-9-12-11(8)13(17)18-7-15(12,4)6-14(9,2)3/h5,16H,6-7H2,1-4H3/t15-/m1/s1. The van der Waals surface area contributed by atoms with Crippen LogP contribution in [0.3, 0.4) is 0 Å². The predicted molar refractivity (Wildman–Crippen MR) is 68.1 cm³/mol. The second kappa shape index (κ2) is 3.08. The van der Waals surface area contributed by atoms with E-state index in [0.717, 1.165) is 17.5 Å². The number of cyclic esters (lactones) is 1. The molecular formula is C15H18O3. The van der Waals surface area contributed by atoms with Crippen LogP contribution in [0, 0.1) is 6.92 Å². The Labute approximate surface area is 107 Å². The summed E-state index contributed by atoms with van der Waals surface area (Å²) in [5, 5.41) is 10.0. The summed E-state index contributed by atoms with van der Waals surface area (Å²) in [7, 11) is 0. The molecule has 0 saturated carbocycles. The molecule has 3 heteroatoms. The lowest BCUT2D eigenvalue weighted by atomic mass is 9.78. The van der Waals surface area contributed by atoms with Crippen molar-refractivity contribution in [2.75, 3.05) is 6.61 Å². The molecule has 1 aromatic rings. The van der Waals surface area contributed by atoms with E-state index in [9.17, 15) is 9.90 Å². The summed E-state index contributed by atoms with van der Waals surface area (Å²) in [5.41, 5.74) is 3.28. The van der Waals surface area contributed by atoms with E-state index in [1.165, 1.54) is 0 Å². The number of phenols is 1. The van der Waals surface area contributed by atoms with Crippen molar-refractivity contribution >= 4 is 5.97 Å². The van der Waals surface area contributed by atoms with Gasteiger partial charge in [-0.05, 0) is 36.0 Å². The normalized spacial score (nSPS) is 27.9. The van der Waals surface area contributed by atoms with Gasteiger partial charge in [-0.2, -0.15) is 0 Å². The molecule has 0 saturated heterocycles. The Morgan fingerprint density at radius 1 is 1.33 bits per heavy atom. The number of rotatable bonds is 0. The van der Waals surface area contributed by atoms with Crippen molar-refractivity contribution in [1.29, 1.82) is 0 Å². The third-order valence-corrected chi connectivity index (χ3v) is 4.45. The maximum atomic E-state index is 12.0. The average Bonchev–Trinajstić information content (AvgIpc) is 2.46. The van der Waals surface area contributed by atoms with Crippen LogP contribution in [0.5, 0.6) is 5.75 Å².